The maximum absolute atomic E-state index is 9.88. The fourth-order valence-electron chi connectivity index (χ4n) is 0.183. The van der Waals surface area contributed by atoms with Crippen molar-refractivity contribution in [2.24, 2.45) is 0 Å². The summed E-state index contributed by atoms with van der Waals surface area (Å²) in [6.07, 6.45) is 0. The quantitative estimate of drug-likeness (QED) is 0.376. The van der Waals surface area contributed by atoms with Crippen molar-refractivity contribution in [3.8, 4) is 0 Å². The van der Waals surface area contributed by atoms with Gasteiger partial charge in [0.2, 0.25) is 0 Å². The number of carbonyl (C=O) groups excluding carboxylic acids is 1. The van der Waals surface area contributed by atoms with Crippen LogP contribution in [-0.4, -0.2) is 17.0 Å². The van der Waals surface area contributed by atoms with Gasteiger partial charge in [-0.1, -0.05) is 23.2 Å². The van der Waals surface area contributed by atoms with Crippen molar-refractivity contribution in [3.05, 3.63) is 10.1 Å². The molecule has 0 aromatic carbocycles. The van der Waals surface area contributed by atoms with E-state index >= 15 is 0 Å². The molecule has 7 heteroatoms. The number of hydrogen-bond acceptors (Lipinski definition) is 3. The van der Waals surface area contributed by atoms with Crippen LogP contribution >= 0.6 is 23.2 Å². The molecule has 0 aliphatic heterocycles. The van der Waals surface area contributed by atoms with Crippen LogP contribution in [0.5, 0.6) is 0 Å². The summed E-state index contributed by atoms with van der Waals surface area (Å²) in [5.74, 6) is -3.41. The molecule has 56 valence electrons. The maximum Gasteiger partial charge on any atom is 1.00 e. The van der Waals surface area contributed by atoms with E-state index < -0.39 is 22.0 Å². The first kappa shape index (κ1) is 13.8. The second kappa shape index (κ2) is 5.85. The van der Waals surface area contributed by atoms with Crippen LogP contribution in [0.3, 0.4) is 0 Å². The Morgan fingerprint density at radius 1 is 1.18 bits per heavy atom. The normalized spacial score (nSPS) is 11.1. The van der Waals surface area contributed by atoms with Crippen molar-refractivity contribution in [3.63, 3.8) is 0 Å². The zero-order valence-electron chi connectivity index (χ0n) is 5.43. The summed E-state index contributed by atoms with van der Waals surface area (Å²) in [5.41, 5.74) is 0. The molecule has 0 saturated carbocycles. The van der Waals surface area contributed by atoms with E-state index in [-0.39, 0.29) is 29.6 Å². The molecular formula is C4HCl2NaO4. The number of carboxylic acids is 2. The molecule has 0 unspecified atom stereocenters. The van der Waals surface area contributed by atoms with Gasteiger partial charge >= 0.3 is 35.5 Å². The molecule has 0 amide bonds. The van der Waals surface area contributed by atoms with Crippen LogP contribution in [0.15, 0.2) is 10.1 Å². The van der Waals surface area contributed by atoms with Gasteiger partial charge in [-0.2, -0.15) is 0 Å². The molecule has 0 aromatic heterocycles. The second-order valence-electron chi connectivity index (χ2n) is 1.22. The summed E-state index contributed by atoms with van der Waals surface area (Å²) in [6, 6.07) is 0. The first-order valence-corrected chi connectivity index (χ1v) is 2.72. The van der Waals surface area contributed by atoms with Crippen LogP contribution in [0.25, 0.3) is 0 Å². The minimum absolute atomic E-state index is 0. The third kappa shape index (κ3) is 4.66. The molecule has 0 bridgehead atoms. The van der Waals surface area contributed by atoms with E-state index in [4.69, 9.17) is 28.3 Å². The van der Waals surface area contributed by atoms with Gasteiger partial charge in [0.25, 0.3) is 0 Å². The van der Waals surface area contributed by atoms with Gasteiger partial charge in [-0.25, -0.2) is 4.79 Å². The molecule has 0 spiro atoms. The van der Waals surface area contributed by atoms with Crippen LogP contribution in [0.1, 0.15) is 0 Å². The van der Waals surface area contributed by atoms with E-state index in [1.807, 2.05) is 0 Å². The van der Waals surface area contributed by atoms with Crippen LogP contribution in [0.2, 0.25) is 0 Å². The van der Waals surface area contributed by atoms with Gasteiger partial charge in [0.05, 0.1) is 11.0 Å². The molecule has 0 radical (unpaired) electrons. The van der Waals surface area contributed by atoms with Gasteiger partial charge in [0, 0.05) is 0 Å². The molecule has 0 aromatic rings. The van der Waals surface area contributed by atoms with Crippen molar-refractivity contribution in [2.45, 2.75) is 0 Å². The van der Waals surface area contributed by atoms with Crippen LogP contribution in [0, 0.1) is 0 Å². The summed E-state index contributed by atoms with van der Waals surface area (Å²) < 4.78 is 0. The van der Waals surface area contributed by atoms with E-state index in [1.165, 1.54) is 0 Å². The van der Waals surface area contributed by atoms with E-state index in [0.29, 0.717) is 0 Å². The molecule has 1 N–H and O–H groups in total. The standard InChI is InChI=1S/C4H2Cl2O4.Na/c5-1(3(7)8)2(6)4(9)10;/h(H,7,8)(H,9,10);/q;+1/p-1/b2-1-;. The predicted octanol–water partition coefficient (Wildman–Crippen LogP) is -3.49. The average Bonchev–Trinajstić information content (AvgIpc) is 1.84. The fraction of sp³-hybridized carbons (Fsp3) is 0. The summed E-state index contributed by atoms with van der Waals surface area (Å²) in [6.45, 7) is 0. The molecule has 0 atom stereocenters. The van der Waals surface area contributed by atoms with E-state index in [2.05, 4.69) is 0 Å². The molecule has 0 rings (SSSR count). The van der Waals surface area contributed by atoms with Crippen LogP contribution in [-0.2, 0) is 9.59 Å². The Morgan fingerprint density at radius 3 is 1.64 bits per heavy atom. The smallest absolute Gasteiger partial charge is 0.544 e. The molecule has 0 heterocycles. The third-order valence-electron chi connectivity index (χ3n) is 0.560. The number of hydrogen-bond donors (Lipinski definition) is 1. The van der Waals surface area contributed by atoms with Crippen molar-refractivity contribution < 1.29 is 49.4 Å². The van der Waals surface area contributed by atoms with E-state index in [1.54, 1.807) is 0 Å². The zero-order valence-corrected chi connectivity index (χ0v) is 8.94. The largest absolute Gasteiger partial charge is 1.00 e. The molecule has 11 heavy (non-hydrogen) atoms. The Morgan fingerprint density at radius 2 is 1.55 bits per heavy atom. The minimum Gasteiger partial charge on any atom is -0.544 e. The number of rotatable bonds is 2. The molecular weight excluding hydrogens is 206 g/mol. The number of halogens is 2. The number of aliphatic carboxylic acids is 2. The van der Waals surface area contributed by atoms with Gasteiger partial charge in [-0.3, -0.25) is 0 Å². The van der Waals surface area contributed by atoms with Gasteiger partial charge in [0.1, 0.15) is 5.03 Å². The van der Waals surface area contributed by atoms with Crippen LogP contribution in [0.4, 0.5) is 0 Å². The summed E-state index contributed by atoms with van der Waals surface area (Å²) in [5, 5.41) is 15.9. The Bertz CT molecular complexity index is 190. The van der Waals surface area contributed by atoms with Gasteiger partial charge in [-0.15, -0.1) is 0 Å². The second-order valence-corrected chi connectivity index (χ2v) is 1.98. The summed E-state index contributed by atoms with van der Waals surface area (Å²) >= 11 is 9.75. The number of carboxylic acid groups (broad SMARTS) is 2. The SMILES string of the molecule is O=C([O-])/C(Cl)=C(/Cl)C(=O)O.[Na+]. The Kier molecular flexibility index (Phi) is 7.36. The zero-order chi connectivity index (χ0) is 8.31. The van der Waals surface area contributed by atoms with Crippen molar-refractivity contribution >= 4 is 35.1 Å². The third-order valence-corrected chi connectivity index (χ3v) is 1.35. The van der Waals surface area contributed by atoms with Gasteiger partial charge in [0.15, 0.2) is 0 Å². The average molecular weight is 207 g/mol. The molecule has 4 nitrogen and oxygen atoms in total. The topological polar surface area (TPSA) is 77.4 Å². The van der Waals surface area contributed by atoms with Crippen molar-refractivity contribution in [2.75, 3.05) is 0 Å². The molecule has 0 aliphatic carbocycles. The Hall–Kier alpha value is 0.260. The predicted molar refractivity (Wildman–Crippen MR) is 31.4 cm³/mol. The van der Waals surface area contributed by atoms with E-state index in [9.17, 15) is 14.7 Å². The van der Waals surface area contributed by atoms with Gasteiger partial charge in [-0.05, 0) is 0 Å². The fourth-order valence-corrected chi connectivity index (χ4v) is 0.341. The molecule has 0 aliphatic rings. The first-order valence-electron chi connectivity index (χ1n) is 1.96. The first-order chi connectivity index (χ1) is 4.46. The summed E-state index contributed by atoms with van der Waals surface area (Å²) in [7, 11) is 0. The Balaban J connectivity index is 0. The molecule has 0 fully saturated rings. The van der Waals surface area contributed by atoms with Gasteiger partial charge < -0.3 is 15.0 Å². The minimum atomic E-state index is -1.81. The Labute approximate surface area is 94.1 Å². The monoisotopic (exact) mass is 206 g/mol. The maximum atomic E-state index is 9.88. The number of carbonyl (C=O) groups is 2. The van der Waals surface area contributed by atoms with E-state index in [0.717, 1.165) is 0 Å². The van der Waals surface area contributed by atoms with Crippen LogP contribution < -0.4 is 34.7 Å². The van der Waals surface area contributed by atoms with Crippen molar-refractivity contribution in [1.82, 2.24) is 0 Å². The molecule has 0 saturated heterocycles. The van der Waals surface area contributed by atoms with Crippen molar-refractivity contribution in [1.29, 1.82) is 0 Å². The summed E-state index contributed by atoms with van der Waals surface area (Å²) in [4.78, 5) is 19.7.